The van der Waals surface area contributed by atoms with Crippen molar-refractivity contribution in [2.24, 2.45) is 11.7 Å². The number of carbonyl (C=O) groups is 1. The molecule has 3 N–H and O–H groups in total. The lowest BCUT2D eigenvalue weighted by Gasteiger charge is -2.29. The number of hydrogen-bond acceptors (Lipinski definition) is 3. The Morgan fingerprint density at radius 1 is 1.59 bits per heavy atom. The summed E-state index contributed by atoms with van der Waals surface area (Å²) in [5.41, 5.74) is 5.30. The van der Waals surface area contributed by atoms with Gasteiger partial charge in [-0.25, -0.2) is 0 Å². The lowest BCUT2D eigenvalue weighted by molar-refractivity contribution is -0.123. The topological polar surface area (TPSA) is 64.4 Å². The summed E-state index contributed by atoms with van der Waals surface area (Å²) in [6, 6.07) is 0. The summed E-state index contributed by atoms with van der Waals surface area (Å²) in [4.78, 5) is 11.9. The van der Waals surface area contributed by atoms with Gasteiger partial charge >= 0.3 is 0 Å². The quantitative estimate of drug-likeness (QED) is 0.740. The van der Waals surface area contributed by atoms with Crippen LogP contribution in [0.2, 0.25) is 0 Å². The van der Waals surface area contributed by atoms with Crippen LogP contribution in [0.4, 0.5) is 0 Å². The van der Waals surface area contributed by atoms with Gasteiger partial charge in [0.15, 0.2) is 0 Å². The number of amides is 1. The van der Waals surface area contributed by atoms with E-state index in [0.29, 0.717) is 18.9 Å². The molecular weight excluding hydrogens is 216 g/mol. The highest BCUT2D eigenvalue weighted by molar-refractivity contribution is 5.76. The molecule has 1 aliphatic rings. The second-order valence-electron chi connectivity index (χ2n) is 5.45. The average Bonchev–Trinajstić information content (AvgIpc) is 2.57. The van der Waals surface area contributed by atoms with E-state index in [0.717, 1.165) is 25.9 Å². The van der Waals surface area contributed by atoms with Crippen LogP contribution >= 0.6 is 0 Å². The summed E-state index contributed by atoms with van der Waals surface area (Å²) < 4.78 is 5.50. The Labute approximate surface area is 104 Å². The molecule has 1 heterocycles. The maximum atomic E-state index is 11.9. The number of hydrogen-bond donors (Lipinski definition) is 2. The Balaban J connectivity index is 2.29. The molecule has 17 heavy (non-hydrogen) atoms. The van der Waals surface area contributed by atoms with Crippen LogP contribution in [0.15, 0.2) is 0 Å². The molecular formula is C13H26N2O2. The van der Waals surface area contributed by atoms with Gasteiger partial charge in [-0.1, -0.05) is 6.92 Å². The van der Waals surface area contributed by atoms with E-state index in [1.165, 1.54) is 0 Å². The van der Waals surface area contributed by atoms with Gasteiger partial charge in [0.1, 0.15) is 0 Å². The summed E-state index contributed by atoms with van der Waals surface area (Å²) in [5.74, 6) is 0.657. The molecule has 0 radical (unpaired) electrons. The first-order valence-corrected chi connectivity index (χ1v) is 6.60. The number of nitrogens with one attached hydrogen (secondary N) is 1. The summed E-state index contributed by atoms with van der Waals surface area (Å²) in [5, 5.41) is 3.11. The normalized spacial score (nSPS) is 30.2. The fourth-order valence-electron chi connectivity index (χ4n) is 2.19. The molecule has 3 unspecified atom stereocenters. The van der Waals surface area contributed by atoms with Crippen LogP contribution in [0.1, 0.15) is 46.5 Å². The van der Waals surface area contributed by atoms with Crippen molar-refractivity contribution < 1.29 is 9.53 Å². The third-order valence-electron chi connectivity index (χ3n) is 3.84. The van der Waals surface area contributed by atoms with Crippen molar-refractivity contribution in [3.8, 4) is 0 Å². The van der Waals surface area contributed by atoms with Crippen LogP contribution in [0.25, 0.3) is 0 Å². The van der Waals surface area contributed by atoms with Gasteiger partial charge in [-0.05, 0) is 45.6 Å². The van der Waals surface area contributed by atoms with Gasteiger partial charge in [0.05, 0.1) is 11.6 Å². The molecule has 0 aliphatic carbocycles. The molecule has 0 bridgehead atoms. The minimum atomic E-state index is -0.186. The molecule has 1 aliphatic heterocycles. The van der Waals surface area contributed by atoms with Crippen LogP contribution in [-0.4, -0.2) is 30.7 Å². The number of ether oxygens (including phenoxy) is 1. The largest absolute Gasteiger partial charge is 0.376 e. The molecule has 0 saturated carbocycles. The molecule has 3 atom stereocenters. The number of nitrogens with two attached hydrogens (primary N) is 1. The predicted octanol–water partition coefficient (Wildman–Crippen LogP) is 1.44. The van der Waals surface area contributed by atoms with E-state index >= 15 is 0 Å². The second-order valence-corrected chi connectivity index (χ2v) is 5.45. The average molecular weight is 242 g/mol. The lowest BCUT2D eigenvalue weighted by atomic mass is 9.94. The van der Waals surface area contributed by atoms with E-state index in [9.17, 15) is 4.79 Å². The second kappa shape index (κ2) is 6.36. The molecule has 4 heteroatoms. The molecule has 0 aromatic carbocycles. The first kappa shape index (κ1) is 14.5. The minimum Gasteiger partial charge on any atom is -0.376 e. The molecule has 1 amide bonds. The Morgan fingerprint density at radius 2 is 2.29 bits per heavy atom. The van der Waals surface area contributed by atoms with Crippen LogP contribution < -0.4 is 11.1 Å². The molecule has 1 rings (SSSR count). The van der Waals surface area contributed by atoms with Gasteiger partial charge in [-0.15, -0.1) is 0 Å². The zero-order chi connectivity index (χ0) is 12.9. The van der Waals surface area contributed by atoms with E-state index in [-0.39, 0.29) is 17.6 Å². The van der Waals surface area contributed by atoms with Crippen molar-refractivity contribution in [2.75, 3.05) is 13.2 Å². The number of rotatable bonds is 6. The Morgan fingerprint density at radius 3 is 2.82 bits per heavy atom. The first-order valence-electron chi connectivity index (χ1n) is 6.60. The minimum absolute atomic E-state index is 0.105. The fraction of sp³-hybridized carbons (Fsp3) is 0.923. The Hall–Kier alpha value is -0.610. The first-order chi connectivity index (χ1) is 7.98. The molecule has 1 fully saturated rings. The van der Waals surface area contributed by atoms with Crippen LogP contribution in [-0.2, 0) is 9.53 Å². The number of carbonyl (C=O) groups excluding carboxylic acids is 1. The summed E-state index contributed by atoms with van der Waals surface area (Å²) in [6.45, 7) is 7.66. The smallest absolute Gasteiger partial charge is 0.220 e. The molecule has 0 spiro atoms. The van der Waals surface area contributed by atoms with Crippen molar-refractivity contribution in [1.82, 2.24) is 5.32 Å². The zero-order valence-corrected chi connectivity index (χ0v) is 11.3. The maximum Gasteiger partial charge on any atom is 0.220 e. The van der Waals surface area contributed by atoms with Crippen LogP contribution in [0.5, 0.6) is 0 Å². The highest BCUT2D eigenvalue weighted by atomic mass is 16.5. The van der Waals surface area contributed by atoms with Gasteiger partial charge < -0.3 is 15.8 Å². The highest BCUT2D eigenvalue weighted by Gasteiger charge is 2.37. The maximum absolute atomic E-state index is 11.9. The Kier molecular flexibility index (Phi) is 5.40. The summed E-state index contributed by atoms with van der Waals surface area (Å²) >= 11 is 0. The monoisotopic (exact) mass is 242 g/mol. The zero-order valence-electron chi connectivity index (χ0n) is 11.3. The SMILES string of the molecule is CC(CCN)CCC(=O)NC1(C)CCOC1C. The summed E-state index contributed by atoms with van der Waals surface area (Å²) in [6.07, 6.45) is 3.49. The molecule has 100 valence electrons. The van der Waals surface area contributed by atoms with Gasteiger partial charge in [-0.2, -0.15) is 0 Å². The van der Waals surface area contributed by atoms with Gasteiger partial charge in [-0.3, -0.25) is 4.79 Å². The fourth-order valence-corrected chi connectivity index (χ4v) is 2.19. The van der Waals surface area contributed by atoms with E-state index in [1.807, 2.05) is 6.92 Å². The summed E-state index contributed by atoms with van der Waals surface area (Å²) in [7, 11) is 0. The van der Waals surface area contributed by atoms with E-state index in [2.05, 4.69) is 19.2 Å². The van der Waals surface area contributed by atoms with Gasteiger partial charge in [0.25, 0.3) is 0 Å². The third kappa shape index (κ3) is 4.28. The van der Waals surface area contributed by atoms with Gasteiger partial charge in [0, 0.05) is 13.0 Å². The molecule has 1 saturated heterocycles. The van der Waals surface area contributed by atoms with Crippen molar-refractivity contribution in [1.29, 1.82) is 0 Å². The molecule has 0 aromatic rings. The Bertz CT molecular complexity index is 258. The van der Waals surface area contributed by atoms with Crippen molar-refractivity contribution in [3.63, 3.8) is 0 Å². The van der Waals surface area contributed by atoms with Crippen LogP contribution in [0.3, 0.4) is 0 Å². The van der Waals surface area contributed by atoms with E-state index in [4.69, 9.17) is 10.5 Å². The highest BCUT2D eigenvalue weighted by Crippen LogP contribution is 2.25. The molecule has 4 nitrogen and oxygen atoms in total. The van der Waals surface area contributed by atoms with Gasteiger partial charge in [0.2, 0.25) is 5.91 Å². The predicted molar refractivity (Wildman–Crippen MR) is 68.6 cm³/mol. The standard InChI is InChI=1S/C13H26N2O2/c1-10(6-8-14)4-5-12(16)15-13(3)7-9-17-11(13)2/h10-11H,4-9,14H2,1-3H3,(H,15,16). The van der Waals surface area contributed by atoms with Crippen LogP contribution in [0, 0.1) is 5.92 Å². The third-order valence-corrected chi connectivity index (χ3v) is 3.84. The van der Waals surface area contributed by atoms with E-state index in [1.54, 1.807) is 0 Å². The van der Waals surface area contributed by atoms with E-state index < -0.39 is 0 Å². The van der Waals surface area contributed by atoms with Crippen molar-refractivity contribution in [2.45, 2.75) is 58.1 Å². The van der Waals surface area contributed by atoms with Crippen molar-refractivity contribution in [3.05, 3.63) is 0 Å². The molecule has 0 aromatic heterocycles. The lowest BCUT2D eigenvalue weighted by Crippen LogP contribution is -2.50. The van der Waals surface area contributed by atoms with Crippen molar-refractivity contribution >= 4 is 5.91 Å².